The van der Waals surface area contributed by atoms with Crippen LogP contribution in [0.3, 0.4) is 0 Å². The number of halogens is 4. The number of nitrogens with zero attached hydrogens (tertiary/aromatic N) is 1. The van der Waals surface area contributed by atoms with E-state index < -0.39 is 11.7 Å². The first-order chi connectivity index (χ1) is 7.88. The van der Waals surface area contributed by atoms with Crippen molar-refractivity contribution in [2.24, 2.45) is 0 Å². The lowest BCUT2D eigenvalue weighted by atomic mass is 10.1. The predicted octanol–water partition coefficient (Wildman–Crippen LogP) is 3.14. The molecule has 2 rings (SSSR count). The molecule has 1 saturated heterocycles. The van der Waals surface area contributed by atoms with E-state index in [4.69, 9.17) is 11.6 Å². The Morgan fingerprint density at radius 1 is 1.29 bits per heavy atom. The monoisotopic (exact) mass is 263 g/mol. The molecule has 1 fully saturated rings. The quantitative estimate of drug-likeness (QED) is 0.776. The van der Waals surface area contributed by atoms with Gasteiger partial charge in [0.25, 0.3) is 0 Å². The molecule has 0 atom stereocenters. The molecule has 0 unspecified atom stereocenters. The molecule has 1 aromatic rings. The number of alkyl halides is 3. The fourth-order valence-corrected chi connectivity index (χ4v) is 2.02. The number of hydrogen-bond acceptors (Lipinski definition) is 2. The molecule has 0 saturated carbocycles. The highest BCUT2D eigenvalue weighted by atomic mass is 35.5. The van der Waals surface area contributed by atoms with E-state index in [1.807, 2.05) is 0 Å². The second-order valence-electron chi connectivity index (χ2n) is 3.87. The summed E-state index contributed by atoms with van der Waals surface area (Å²) in [7, 11) is 0. The van der Waals surface area contributed by atoms with Crippen LogP contribution in [0.1, 0.15) is 12.0 Å². The summed E-state index contributed by atoms with van der Waals surface area (Å²) in [4.78, 5) is 12.5. The number of Topliss-reactive ketones (excluding diaryl/α,β-unsaturated/α-hetero) is 1. The molecular weight excluding hydrogens is 255 g/mol. The van der Waals surface area contributed by atoms with Crippen LogP contribution in [-0.2, 0) is 11.0 Å². The molecule has 0 radical (unpaired) electrons. The summed E-state index contributed by atoms with van der Waals surface area (Å²) in [5.41, 5.74) is -0.771. The van der Waals surface area contributed by atoms with Crippen LogP contribution in [-0.4, -0.2) is 18.9 Å². The van der Waals surface area contributed by atoms with Gasteiger partial charge in [-0.25, -0.2) is 0 Å². The second kappa shape index (κ2) is 4.22. The van der Waals surface area contributed by atoms with Gasteiger partial charge in [-0.15, -0.1) is 0 Å². The molecule has 1 aromatic carbocycles. The number of rotatable bonds is 1. The van der Waals surface area contributed by atoms with E-state index >= 15 is 0 Å². The Morgan fingerprint density at radius 3 is 2.53 bits per heavy atom. The van der Waals surface area contributed by atoms with Crippen LogP contribution in [0.25, 0.3) is 0 Å². The number of carbonyl (C=O) groups excluding carboxylic acids is 1. The van der Waals surface area contributed by atoms with Gasteiger partial charge in [0.1, 0.15) is 0 Å². The highest BCUT2D eigenvalue weighted by Crippen LogP contribution is 2.38. The number of ketones is 1. The maximum absolute atomic E-state index is 12.8. The van der Waals surface area contributed by atoms with Crippen LogP contribution < -0.4 is 4.90 Å². The van der Waals surface area contributed by atoms with E-state index in [-0.39, 0.29) is 23.0 Å². The molecule has 17 heavy (non-hydrogen) atoms. The van der Waals surface area contributed by atoms with Crippen LogP contribution >= 0.6 is 11.6 Å². The van der Waals surface area contributed by atoms with E-state index in [0.717, 1.165) is 6.07 Å². The Labute approximate surface area is 101 Å². The molecule has 1 heterocycles. The molecule has 92 valence electrons. The van der Waals surface area contributed by atoms with Gasteiger partial charge in [0.2, 0.25) is 0 Å². The lowest BCUT2D eigenvalue weighted by Gasteiger charge is -2.22. The third-order valence-electron chi connectivity index (χ3n) is 2.63. The fourth-order valence-electron chi connectivity index (χ4n) is 1.85. The molecule has 0 aliphatic carbocycles. The van der Waals surface area contributed by atoms with Crippen LogP contribution in [0.5, 0.6) is 0 Å². The van der Waals surface area contributed by atoms with Crippen molar-refractivity contribution in [2.45, 2.75) is 12.6 Å². The van der Waals surface area contributed by atoms with Crippen LogP contribution in [0.4, 0.5) is 18.9 Å². The first-order valence-electron chi connectivity index (χ1n) is 5.01. The SMILES string of the molecule is O=C1CCN(c2ccc(Cl)cc2C(F)(F)F)C1. The lowest BCUT2D eigenvalue weighted by molar-refractivity contribution is -0.137. The zero-order valence-electron chi connectivity index (χ0n) is 8.72. The van der Waals surface area contributed by atoms with Crippen molar-refractivity contribution in [1.82, 2.24) is 0 Å². The number of anilines is 1. The van der Waals surface area contributed by atoms with Gasteiger partial charge in [-0.05, 0) is 18.2 Å². The minimum atomic E-state index is -4.47. The van der Waals surface area contributed by atoms with E-state index in [1.54, 1.807) is 0 Å². The van der Waals surface area contributed by atoms with Crippen molar-refractivity contribution in [2.75, 3.05) is 18.0 Å². The summed E-state index contributed by atoms with van der Waals surface area (Å²) < 4.78 is 38.4. The van der Waals surface area contributed by atoms with Gasteiger partial charge in [0.05, 0.1) is 12.1 Å². The number of carbonyl (C=O) groups is 1. The first kappa shape index (κ1) is 12.2. The lowest BCUT2D eigenvalue weighted by Crippen LogP contribution is -2.23. The predicted molar refractivity (Wildman–Crippen MR) is 58.3 cm³/mol. The maximum Gasteiger partial charge on any atom is 0.418 e. The van der Waals surface area contributed by atoms with Gasteiger partial charge in [-0.1, -0.05) is 11.6 Å². The third-order valence-corrected chi connectivity index (χ3v) is 2.87. The van der Waals surface area contributed by atoms with E-state index in [0.29, 0.717) is 13.0 Å². The largest absolute Gasteiger partial charge is 0.418 e. The smallest absolute Gasteiger partial charge is 0.363 e. The van der Waals surface area contributed by atoms with Crippen molar-refractivity contribution >= 4 is 23.1 Å². The fraction of sp³-hybridized carbons (Fsp3) is 0.364. The Kier molecular flexibility index (Phi) is 3.03. The highest BCUT2D eigenvalue weighted by molar-refractivity contribution is 6.30. The normalized spacial score (nSPS) is 16.7. The van der Waals surface area contributed by atoms with Crippen LogP contribution in [0, 0.1) is 0 Å². The van der Waals surface area contributed by atoms with Gasteiger partial charge in [0.15, 0.2) is 5.78 Å². The van der Waals surface area contributed by atoms with Crippen molar-refractivity contribution in [3.63, 3.8) is 0 Å². The summed E-state index contributed by atoms with van der Waals surface area (Å²) in [6, 6.07) is 3.60. The highest BCUT2D eigenvalue weighted by Gasteiger charge is 2.36. The summed E-state index contributed by atoms with van der Waals surface area (Å²) in [5.74, 6) is -0.0481. The average Bonchev–Trinajstić information content (AvgIpc) is 2.63. The Hall–Kier alpha value is -1.23. The summed E-state index contributed by atoms with van der Waals surface area (Å²) >= 11 is 5.57. The van der Waals surface area contributed by atoms with Crippen molar-refractivity contribution in [1.29, 1.82) is 0 Å². The van der Waals surface area contributed by atoms with E-state index in [2.05, 4.69) is 0 Å². The van der Waals surface area contributed by atoms with Gasteiger partial charge in [-0.2, -0.15) is 13.2 Å². The molecule has 0 bridgehead atoms. The molecule has 6 heteroatoms. The summed E-state index contributed by atoms with van der Waals surface area (Å²) in [6.07, 6.45) is -4.17. The zero-order chi connectivity index (χ0) is 12.6. The Morgan fingerprint density at radius 2 is 2.00 bits per heavy atom. The van der Waals surface area contributed by atoms with Gasteiger partial charge in [-0.3, -0.25) is 4.79 Å². The molecular formula is C11H9ClF3NO. The maximum atomic E-state index is 12.8. The molecule has 0 spiro atoms. The van der Waals surface area contributed by atoms with Crippen molar-refractivity contribution < 1.29 is 18.0 Å². The molecule has 0 N–H and O–H groups in total. The molecule has 2 nitrogen and oxygen atoms in total. The van der Waals surface area contributed by atoms with Crippen LogP contribution in [0.2, 0.25) is 5.02 Å². The number of benzene rings is 1. The Bertz CT molecular complexity index is 459. The minimum Gasteiger partial charge on any atom is -0.363 e. The third kappa shape index (κ3) is 2.54. The van der Waals surface area contributed by atoms with Gasteiger partial charge in [0, 0.05) is 23.7 Å². The van der Waals surface area contributed by atoms with E-state index in [1.165, 1.54) is 17.0 Å². The number of hydrogen-bond donors (Lipinski definition) is 0. The molecule has 0 aromatic heterocycles. The molecule has 0 amide bonds. The van der Waals surface area contributed by atoms with Gasteiger partial charge < -0.3 is 4.90 Å². The van der Waals surface area contributed by atoms with Crippen molar-refractivity contribution in [3.05, 3.63) is 28.8 Å². The zero-order valence-corrected chi connectivity index (χ0v) is 9.48. The Balaban J connectivity index is 2.43. The van der Waals surface area contributed by atoms with Crippen LogP contribution in [0.15, 0.2) is 18.2 Å². The van der Waals surface area contributed by atoms with Gasteiger partial charge >= 0.3 is 6.18 Å². The second-order valence-corrected chi connectivity index (χ2v) is 4.31. The topological polar surface area (TPSA) is 20.3 Å². The van der Waals surface area contributed by atoms with E-state index in [9.17, 15) is 18.0 Å². The summed E-state index contributed by atoms with van der Waals surface area (Å²) in [6.45, 7) is 0.355. The van der Waals surface area contributed by atoms with Crippen molar-refractivity contribution in [3.8, 4) is 0 Å². The molecule has 1 aliphatic rings. The molecule has 1 aliphatic heterocycles. The standard InChI is InChI=1S/C11H9ClF3NO/c12-7-1-2-10(9(5-7)11(13,14)15)16-4-3-8(17)6-16/h1-2,5H,3-4,6H2. The average molecular weight is 264 g/mol. The first-order valence-corrected chi connectivity index (χ1v) is 5.39. The minimum absolute atomic E-state index is 0.0211. The summed E-state index contributed by atoms with van der Waals surface area (Å²) in [5, 5.41) is 0.0339.